The molecule has 2 unspecified atom stereocenters. The van der Waals surface area contributed by atoms with Gasteiger partial charge in [-0.05, 0) is 67.5 Å². The second-order valence-electron chi connectivity index (χ2n) is 8.50. The van der Waals surface area contributed by atoms with E-state index >= 15 is 0 Å². The van der Waals surface area contributed by atoms with E-state index in [1.54, 1.807) is 22.8 Å². The zero-order valence-electron chi connectivity index (χ0n) is 16.6. The first-order valence-corrected chi connectivity index (χ1v) is 12.0. The van der Waals surface area contributed by atoms with Crippen molar-refractivity contribution >= 4 is 10.0 Å². The topological polar surface area (TPSA) is 81.0 Å². The number of hydrogen-bond donors (Lipinski definition) is 0. The summed E-state index contributed by atoms with van der Waals surface area (Å²) in [6, 6.07) is 9.40. The fourth-order valence-electron chi connectivity index (χ4n) is 5.33. The Bertz CT molecular complexity index is 1220. The van der Waals surface area contributed by atoms with E-state index in [0.29, 0.717) is 17.9 Å². The molecule has 0 N–H and O–H groups in total. The third-order valence-corrected chi connectivity index (χ3v) is 8.76. The van der Waals surface area contributed by atoms with Crippen LogP contribution in [-0.2, 0) is 35.8 Å². The third kappa shape index (κ3) is 2.74. The summed E-state index contributed by atoms with van der Waals surface area (Å²) in [5.41, 5.74) is 3.39. The molecule has 1 aromatic carbocycles. The Hall–Kier alpha value is -2.58. The summed E-state index contributed by atoms with van der Waals surface area (Å²) in [4.78, 5) is 4.63. The summed E-state index contributed by atoms with van der Waals surface area (Å²) in [5, 5.41) is 8.81. The van der Waals surface area contributed by atoms with Crippen LogP contribution in [0, 0.1) is 0 Å². The van der Waals surface area contributed by atoms with Crippen molar-refractivity contribution in [2.45, 2.75) is 62.0 Å². The Balaban J connectivity index is 1.38. The maximum Gasteiger partial charge on any atom is 0.243 e. The van der Waals surface area contributed by atoms with Gasteiger partial charge in [-0.3, -0.25) is 4.98 Å². The average Bonchev–Trinajstić information content (AvgIpc) is 3.45. The summed E-state index contributed by atoms with van der Waals surface area (Å²) < 4.78 is 31.3. The van der Waals surface area contributed by atoms with Crippen LogP contribution in [0.1, 0.15) is 36.2 Å². The molecule has 7 nitrogen and oxygen atoms in total. The van der Waals surface area contributed by atoms with Crippen LogP contribution in [0.15, 0.2) is 47.6 Å². The maximum atomic E-state index is 13.7. The van der Waals surface area contributed by atoms with Crippen LogP contribution >= 0.6 is 0 Å². The molecule has 154 valence electrons. The highest BCUT2D eigenvalue weighted by Gasteiger charge is 2.45. The van der Waals surface area contributed by atoms with Crippen LogP contribution < -0.4 is 0 Å². The Morgan fingerprint density at radius 3 is 2.73 bits per heavy atom. The summed E-state index contributed by atoms with van der Waals surface area (Å²) in [7, 11) is -3.56. The minimum atomic E-state index is -3.56. The molecule has 1 fully saturated rings. The van der Waals surface area contributed by atoms with Crippen LogP contribution in [0.3, 0.4) is 0 Å². The van der Waals surface area contributed by atoms with Gasteiger partial charge >= 0.3 is 0 Å². The van der Waals surface area contributed by atoms with Crippen LogP contribution in [0.5, 0.6) is 0 Å². The Kier molecular flexibility index (Phi) is 4.08. The summed E-state index contributed by atoms with van der Waals surface area (Å²) >= 11 is 0. The van der Waals surface area contributed by atoms with E-state index in [0.717, 1.165) is 49.3 Å². The predicted octanol–water partition coefficient (Wildman–Crippen LogP) is 2.61. The van der Waals surface area contributed by atoms with Gasteiger partial charge in [0, 0.05) is 43.0 Å². The predicted molar refractivity (Wildman–Crippen MR) is 111 cm³/mol. The number of aryl methyl sites for hydroxylation is 2. The number of aromatic nitrogens is 4. The average molecular weight is 422 g/mol. The SMILES string of the molecule is O=S(=O)(c1ccc2c(c1)CCC2)N1C2CCC1Cn1c(nnc1-c1cccnc1)C2. The molecule has 2 aromatic heterocycles. The van der Waals surface area contributed by atoms with Gasteiger partial charge in [0.2, 0.25) is 10.0 Å². The molecule has 6 rings (SSSR count). The molecule has 4 heterocycles. The molecule has 2 atom stereocenters. The normalized spacial score (nSPS) is 23.2. The molecule has 2 aliphatic heterocycles. The standard InChI is InChI=1S/C22H23N5O2S/c28-30(29,20-9-6-15-3-1-4-16(15)11-20)27-18-7-8-19(27)14-26-21(12-18)24-25-22(26)17-5-2-10-23-13-17/h2,5-6,9-11,13,18-19H,1,3-4,7-8,12,14H2. The lowest BCUT2D eigenvalue weighted by molar-refractivity contribution is 0.316. The molecule has 1 aliphatic carbocycles. The highest BCUT2D eigenvalue weighted by atomic mass is 32.2. The molecule has 0 saturated carbocycles. The molecule has 0 radical (unpaired) electrons. The van der Waals surface area contributed by atoms with E-state index in [9.17, 15) is 8.42 Å². The molecule has 0 amide bonds. The smallest absolute Gasteiger partial charge is 0.243 e. The highest BCUT2D eigenvalue weighted by molar-refractivity contribution is 7.89. The van der Waals surface area contributed by atoms with Crippen molar-refractivity contribution in [3.63, 3.8) is 0 Å². The van der Waals surface area contributed by atoms with Gasteiger partial charge in [0.05, 0.1) is 4.90 Å². The quantitative estimate of drug-likeness (QED) is 0.649. The monoisotopic (exact) mass is 421 g/mol. The first kappa shape index (κ1) is 18.2. The van der Waals surface area contributed by atoms with E-state index < -0.39 is 10.0 Å². The van der Waals surface area contributed by atoms with Crippen molar-refractivity contribution in [1.82, 2.24) is 24.1 Å². The number of benzene rings is 1. The van der Waals surface area contributed by atoms with Crippen LogP contribution in [0.4, 0.5) is 0 Å². The van der Waals surface area contributed by atoms with Gasteiger partial charge in [-0.25, -0.2) is 8.42 Å². The molecule has 8 heteroatoms. The van der Waals surface area contributed by atoms with Gasteiger partial charge in [0.25, 0.3) is 0 Å². The number of sulfonamides is 1. The molecule has 30 heavy (non-hydrogen) atoms. The van der Waals surface area contributed by atoms with Gasteiger partial charge < -0.3 is 4.57 Å². The Labute approximate surface area is 175 Å². The first-order valence-electron chi connectivity index (χ1n) is 10.6. The molecule has 3 aromatic rings. The highest BCUT2D eigenvalue weighted by Crippen LogP contribution is 2.38. The van der Waals surface area contributed by atoms with E-state index in [2.05, 4.69) is 19.7 Å². The molecule has 3 aliphatic rings. The van der Waals surface area contributed by atoms with E-state index in [1.165, 1.54) is 11.1 Å². The zero-order valence-corrected chi connectivity index (χ0v) is 17.4. The lowest BCUT2D eigenvalue weighted by Crippen LogP contribution is -2.42. The van der Waals surface area contributed by atoms with E-state index in [-0.39, 0.29) is 12.1 Å². The number of hydrogen-bond acceptors (Lipinski definition) is 5. The molecule has 2 bridgehead atoms. The van der Waals surface area contributed by atoms with Gasteiger partial charge in [0.1, 0.15) is 5.82 Å². The van der Waals surface area contributed by atoms with E-state index in [1.807, 2.05) is 24.3 Å². The first-order chi connectivity index (χ1) is 14.6. The number of nitrogens with zero attached hydrogens (tertiary/aromatic N) is 5. The Morgan fingerprint density at radius 2 is 1.87 bits per heavy atom. The van der Waals surface area contributed by atoms with Crippen LogP contribution in [-0.4, -0.2) is 44.6 Å². The van der Waals surface area contributed by atoms with Crippen LogP contribution in [0.2, 0.25) is 0 Å². The largest absolute Gasteiger partial charge is 0.309 e. The number of fused-ring (bicyclic) bond motifs is 4. The molecular formula is C22H23N5O2S. The summed E-state index contributed by atoms with van der Waals surface area (Å²) in [5.74, 6) is 1.62. The van der Waals surface area contributed by atoms with Gasteiger partial charge in [-0.2, -0.15) is 4.31 Å². The van der Waals surface area contributed by atoms with E-state index in [4.69, 9.17) is 0 Å². The second kappa shape index (κ2) is 6.72. The van der Waals surface area contributed by atoms with Crippen molar-refractivity contribution in [3.05, 3.63) is 59.7 Å². The lowest BCUT2D eigenvalue weighted by atomic mass is 10.1. The third-order valence-electron chi connectivity index (χ3n) is 6.76. The number of pyridine rings is 1. The second-order valence-corrected chi connectivity index (χ2v) is 10.3. The fraction of sp³-hybridized carbons (Fsp3) is 0.409. The van der Waals surface area contributed by atoms with Gasteiger partial charge in [0.15, 0.2) is 5.82 Å². The summed E-state index contributed by atoms with van der Waals surface area (Å²) in [6.07, 6.45) is 8.96. The molecular weight excluding hydrogens is 398 g/mol. The lowest BCUT2D eigenvalue weighted by Gasteiger charge is -2.27. The zero-order chi connectivity index (χ0) is 20.3. The maximum absolute atomic E-state index is 13.7. The van der Waals surface area contributed by atoms with Crippen molar-refractivity contribution < 1.29 is 8.42 Å². The van der Waals surface area contributed by atoms with Gasteiger partial charge in [-0.15, -0.1) is 10.2 Å². The summed E-state index contributed by atoms with van der Waals surface area (Å²) in [6.45, 7) is 0.577. The van der Waals surface area contributed by atoms with Crippen molar-refractivity contribution in [1.29, 1.82) is 0 Å². The van der Waals surface area contributed by atoms with Crippen molar-refractivity contribution in [2.24, 2.45) is 0 Å². The Morgan fingerprint density at radius 1 is 1.00 bits per heavy atom. The molecule has 1 saturated heterocycles. The number of rotatable bonds is 3. The van der Waals surface area contributed by atoms with Crippen molar-refractivity contribution in [2.75, 3.05) is 0 Å². The van der Waals surface area contributed by atoms with Crippen molar-refractivity contribution in [3.8, 4) is 11.4 Å². The van der Waals surface area contributed by atoms with Crippen LogP contribution in [0.25, 0.3) is 11.4 Å². The van der Waals surface area contributed by atoms with Gasteiger partial charge in [-0.1, -0.05) is 6.07 Å². The fourth-order valence-corrected chi connectivity index (χ4v) is 7.24. The minimum absolute atomic E-state index is 0.0690. The molecule has 0 spiro atoms. The minimum Gasteiger partial charge on any atom is -0.309 e.